The molecule has 4 heterocycles. The molecule has 4 aromatic rings. The van der Waals surface area contributed by atoms with Gasteiger partial charge in [-0.2, -0.15) is 0 Å². The highest BCUT2D eigenvalue weighted by atomic mass is 35.5. The number of rotatable bonds is 14. The summed E-state index contributed by atoms with van der Waals surface area (Å²) in [6.45, 7) is 19.0. The molecule has 12 nitrogen and oxygen atoms in total. The van der Waals surface area contributed by atoms with E-state index in [0.29, 0.717) is 110 Å². The average Bonchev–Trinajstić information content (AvgIpc) is 3.16. The van der Waals surface area contributed by atoms with E-state index >= 15 is 0 Å². The largest absolute Gasteiger partial charge is 0.460 e. The predicted molar refractivity (Wildman–Crippen MR) is 213 cm³/mol. The number of carbonyl (C=O) groups is 1. The van der Waals surface area contributed by atoms with Crippen LogP contribution in [0.15, 0.2) is 55.9 Å². The van der Waals surface area contributed by atoms with Gasteiger partial charge in [-0.05, 0) is 56.9 Å². The molecule has 0 bridgehead atoms. The second-order valence-electron chi connectivity index (χ2n) is 13.2. The van der Waals surface area contributed by atoms with Crippen molar-refractivity contribution in [3.8, 4) is 11.5 Å². The van der Waals surface area contributed by atoms with Gasteiger partial charge in [-0.1, -0.05) is 35.4 Å². The third kappa shape index (κ3) is 9.07. The summed E-state index contributed by atoms with van der Waals surface area (Å²) in [5, 5.41) is 1.16. The van der Waals surface area contributed by atoms with Crippen LogP contribution in [0.2, 0.25) is 10.0 Å². The van der Waals surface area contributed by atoms with Crippen molar-refractivity contribution in [3.05, 3.63) is 102 Å². The Bertz CT molecular complexity index is 2040. The van der Waals surface area contributed by atoms with Gasteiger partial charge in [0.05, 0.1) is 44.2 Å². The first kappa shape index (κ1) is 42.3. The van der Waals surface area contributed by atoms with Crippen molar-refractivity contribution in [2.24, 2.45) is 0 Å². The first-order valence-corrected chi connectivity index (χ1v) is 18.7. The van der Waals surface area contributed by atoms with E-state index in [9.17, 15) is 14.4 Å². The third-order valence-corrected chi connectivity index (χ3v) is 10.4. The summed E-state index contributed by atoms with van der Waals surface area (Å²) in [7, 11) is 0. The first-order chi connectivity index (χ1) is 26.1. The summed E-state index contributed by atoms with van der Waals surface area (Å²) in [4.78, 5) is 44.6. The number of nitrogens with zero attached hydrogens (tertiary/aromatic N) is 2. The fraction of sp³-hybridized carbons (Fsp3) is 0.425. The molecule has 2 aliphatic rings. The summed E-state index contributed by atoms with van der Waals surface area (Å²) in [5.41, 5.74) is 2.70. The number of carbonyl (C=O) groups excluding carboxylic acids is 1. The van der Waals surface area contributed by atoms with Crippen molar-refractivity contribution >= 4 is 63.5 Å². The van der Waals surface area contributed by atoms with Gasteiger partial charge in [-0.25, -0.2) is 14.4 Å². The molecule has 0 spiro atoms. The van der Waals surface area contributed by atoms with Gasteiger partial charge in [-0.15, -0.1) is 25.6 Å². The van der Waals surface area contributed by atoms with Crippen LogP contribution in [0.25, 0.3) is 21.9 Å². The number of esters is 1. The lowest BCUT2D eigenvalue weighted by Gasteiger charge is -2.27. The molecule has 296 valence electrons. The second-order valence-corrected chi connectivity index (χ2v) is 13.9. The Morgan fingerprint density at radius 2 is 1.18 bits per heavy atom. The average molecular weight is 820 g/mol. The Morgan fingerprint density at radius 3 is 1.55 bits per heavy atom. The fourth-order valence-corrected chi connectivity index (χ4v) is 7.39. The van der Waals surface area contributed by atoms with Gasteiger partial charge in [0, 0.05) is 61.2 Å². The lowest BCUT2D eigenvalue weighted by molar-refractivity contribution is -0.165. The lowest BCUT2D eigenvalue weighted by atomic mass is 10.0. The molecular weight excluding hydrogens is 775 g/mol. The molecule has 0 N–H and O–H groups in total. The maximum atomic E-state index is 13.6. The van der Waals surface area contributed by atoms with E-state index in [-0.39, 0.29) is 64.6 Å². The topological polar surface area (TPSA) is 130 Å². The van der Waals surface area contributed by atoms with Crippen LogP contribution in [0, 0.1) is 13.8 Å². The number of halogens is 3. The van der Waals surface area contributed by atoms with Crippen LogP contribution in [0.1, 0.15) is 40.3 Å². The molecule has 2 saturated heterocycles. The van der Waals surface area contributed by atoms with Crippen LogP contribution in [0.3, 0.4) is 0 Å². The molecule has 2 aromatic carbocycles. The SMILES string of the molecule is C=CCc1cc2c(C)c(CN3CCOCC3)c(=O)oc2c(Cl)c1OC(Oc1c(CC=C)cc2c(C)c(CN3CCOCC3)c(=O)oc2c1Cl)C(=O)OCC.Cl. The molecule has 0 saturated carbocycles. The third-order valence-electron chi connectivity index (χ3n) is 9.73. The molecule has 0 atom stereocenters. The summed E-state index contributed by atoms with van der Waals surface area (Å²) in [6, 6.07) is 3.61. The highest BCUT2D eigenvalue weighted by molar-refractivity contribution is 6.37. The Hall–Kier alpha value is -3.88. The van der Waals surface area contributed by atoms with Crippen molar-refractivity contribution in [3.63, 3.8) is 0 Å². The molecule has 0 radical (unpaired) electrons. The van der Waals surface area contributed by atoms with Gasteiger partial charge in [0.1, 0.15) is 10.0 Å². The van der Waals surface area contributed by atoms with Gasteiger partial charge >= 0.3 is 23.5 Å². The number of aryl methyl sites for hydroxylation is 2. The minimum atomic E-state index is -1.75. The van der Waals surface area contributed by atoms with Crippen molar-refractivity contribution in [2.75, 3.05) is 59.2 Å². The normalized spacial score (nSPS) is 15.2. The van der Waals surface area contributed by atoms with E-state index < -0.39 is 23.5 Å². The van der Waals surface area contributed by atoms with Crippen molar-refractivity contribution in [1.82, 2.24) is 9.80 Å². The Labute approximate surface area is 334 Å². The maximum absolute atomic E-state index is 13.6. The summed E-state index contributed by atoms with van der Waals surface area (Å²) >= 11 is 14.0. The number of allylic oxidation sites excluding steroid dienone is 2. The van der Waals surface area contributed by atoms with Gasteiger partial charge in [0.2, 0.25) is 0 Å². The van der Waals surface area contributed by atoms with Crippen molar-refractivity contribution in [1.29, 1.82) is 0 Å². The smallest absolute Gasteiger partial charge is 0.389 e. The fourth-order valence-electron chi connectivity index (χ4n) is 6.78. The number of hydrogen-bond acceptors (Lipinski definition) is 12. The highest BCUT2D eigenvalue weighted by Gasteiger charge is 2.32. The number of fused-ring (bicyclic) bond motifs is 2. The van der Waals surface area contributed by atoms with Gasteiger partial charge in [0.25, 0.3) is 0 Å². The molecule has 6 rings (SSSR count). The Kier molecular flexibility index (Phi) is 14.5. The monoisotopic (exact) mass is 818 g/mol. The van der Waals surface area contributed by atoms with Crippen LogP contribution >= 0.6 is 35.6 Å². The number of morpholine rings is 2. The van der Waals surface area contributed by atoms with Gasteiger partial charge in [-0.3, -0.25) is 9.80 Å². The zero-order valence-electron chi connectivity index (χ0n) is 31.1. The van der Waals surface area contributed by atoms with Gasteiger partial charge < -0.3 is 32.5 Å². The van der Waals surface area contributed by atoms with E-state index in [0.717, 1.165) is 0 Å². The predicted octanol–water partition coefficient (Wildman–Crippen LogP) is 6.71. The van der Waals surface area contributed by atoms with Crippen LogP contribution in [-0.4, -0.2) is 81.3 Å². The van der Waals surface area contributed by atoms with Crippen LogP contribution in [-0.2, 0) is 44.9 Å². The van der Waals surface area contributed by atoms with Gasteiger partial charge in [0.15, 0.2) is 22.7 Å². The van der Waals surface area contributed by atoms with E-state index in [4.69, 9.17) is 55.7 Å². The minimum absolute atomic E-state index is 0. The molecule has 0 aliphatic carbocycles. The Balaban J connectivity index is 0.00000580. The summed E-state index contributed by atoms with van der Waals surface area (Å²) in [6.07, 6.45) is 2.14. The summed E-state index contributed by atoms with van der Waals surface area (Å²) < 4.78 is 40.5. The maximum Gasteiger partial charge on any atom is 0.389 e. The molecule has 0 amide bonds. The number of hydrogen-bond donors (Lipinski definition) is 0. The molecule has 2 aromatic heterocycles. The van der Waals surface area contributed by atoms with E-state index in [1.54, 1.807) is 31.2 Å². The minimum Gasteiger partial charge on any atom is -0.460 e. The molecule has 2 fully saturated rings. The molecule has 15 heteroatoms. The number of ether oxygens (including phenoxy) is 5. The zero-order chi connectivity index (χ0) is 38.5. The van der Waals surface area contributed by atoms with Crippen LogP contribution in [0.5, 0.6) is 11.5 Å². The first-order valence-electron chi connectivity index (χ1n) is 17.9. The Morgan fingerprint density at radius 1 is 0.782 bits per heavy atom. The van der Waals surface area contributed by atoms with E-state index in [1.165, 1.54) is 0 Å². The number of benzene rings is 2. The lowest BCUT2D eigenvalue weighted by Crippen LogP contribution is -2.37. The second kappa shape index (κ2) is 18.8. The van der Waals surface area contributed by atoms with Crippen LogP contribution in [0.4, 0.5) is 0 Å². The van der Waals surface area contributed by atoms with E-state index in [2.05, 4.69) is 23.0 Å². The molecule has 2 aliphatic heterocycles. The highest BCUT2D eigenvalue weighted by Crippen LogP contribution is 2.42. The molecular formula is C40H45Cl3N2O10. The zero-order valence-corrected chi connectivity index (χ0v) is 33.5. The quantitative estimate of drug-likeness (QED) is 0.0580. The molecule has 0 unspecified atom stereocenters. The standard InChI is InChI=1S/C40H44Cl2N2O10.ClH/c1-6-9-25-19-27-23(4)29(21-43-11-15-48-16-12-43)37(45)51-35(27)31(41)33(25)53-40(39(47)50-8-3)54-34-26(10-7-2)20-28-24(5)30(22-44-13-17-49-18-14-44)38(46)52-36(28)32(34)42;/h6-7,19-20,40H,1-2,8-18,21-22H2,3-5H3;1H. The summed E-state index contributed by atoms with van der Waals surface area (Å²) in [5.74, 6) is -0.818. The van der Waals surface area contributed by atoms with Crippen molar-refractivity contribution in [2.45, 2.75) is 53.0 Å². The van der Waals surface area contributed by atoms with Crippen molar-refractivity contribution < 1.29 is 37.3 Å². The molecule has 55 heavy (non-hydrogen) atoms. The van der Waals surface area contributed by atoms with Crippen LogP contribution < -0.4 is 20.7 Å². The van der Waals surface area contributed by atoms with E-state index in [1.807, 2.05) is 13.8 Å².